The second-order valence-electron chi connectivity index (χ2n) is 7.26. The van der Waals surface area contributed by atoms with Crippen LogP contribution in [0.3, 0.4) is 0 Å². The van der Waals surface area contributed by atoms with Gasteiger partial charge in [-0.05, 0) is 37.8 Å². The quantitative estimate of drug-likeness (QED) is 0.727. The summed E-state index contributed by atoms with van der Waals surface area (Å²) in [5.41, 5.74) is 2.48. The average molecular weight is 360 g/mol. The van der Waals surface area contributed by atoms with E-state index in [1.54, 1.807) is 0 Å². The van der Waals surface area contributed by atoms with Crippen LogP contribution in [0.25, 0.3) is 10.8 Å². The van der Waals surface area contributed by atoms with E-state index in [0.717, 1.165) is 35.9 Å². The van der Waals surface area contributed by atoms with Crippen molar-refractivity contribution < 1.29 is 4.79 Å². The summed E-state index contributed by atoms with van der Waals surface area (Å²) in [5.74, 6) is -0.117. The molecule has 4 nitrogen and oxygen atoms in total. The minimum atomic E-state index is -0.117. The fourth-order valence-corrected chi connectivity index (χ4v) is 3.88. The summed E-state index contributed by atoms with van der Waals surface area (Å²) in [4.78, 5) is 26.2. The van der Waals surface area contributed by atoms with Gasteiger partial charge in [-0.15, -0.1) is 0 Å². The molecule has 1 heterocycles. The maximum atomic E-state index is 13.3. The molecule has 0 saturated heterocycles. The molecule has 1 saturated carbocycles. The average Bonchev–Trinajstić information content (AvgIpc) is 3.52. The minimum Gasteiger partial charge on any atom is -0.345 e. The first-order valence-electron chi connectivity index (χ1n) is 9.61. The lowest BCUT2D eigenvalue weighted by Crippen LogP contribution is -2.32. The van der Waals surface area contributed by atoms with Crippen LogP contribution < -0.4 is 10.9 Å². The first kappa shape index (κ1) is 17.5. The molecule has 1 amide bonds. The number of amides is 1. The predicted octanol–water partition coefficient (Wildman–Crippen LogP) is 4.53. The molecule has 1 aliphatic rings. The van der Waals surface area contributed by atoms with Crippen LogP contribution in [0.2, 0.25) is 0 Å². The molecule has 0 unspecified atom stereocenters. The molecule has 4 heteroatoms. The fraction of sp³-hybridized carbons (Fsp3) is 0.304. The summed E-state index contributed by atoms with van der Waals surface area (Å²) < 4.78 is 1.82. The van der Waals surface area contributed by atoms with Crippen molar-refractivity contribution in [3.8, 4) is 0 Å². The molecular formula is C23H24N2O2. The SMILES string of the molecule is CC[C@H](NC(=O)c1c(C)n(C2CC2)c(=O)c2ccccc12)c1ccccc1. The van der Waals surface area contributed by atoms with Gasteiger partial charge >= 0.3 is 0 Å². The monoisotopic (exact) mass is 360 g/mol. The number of fused-ring (bicyclic) bond motifs is 1. The lowest BCUT2D eigenvalue weighted by Gasteiger charge is -2.21. The van der Waals surface area contributed by atoms with Crippen LogP contribution in [0.15, 0.2) is 59.4 Å². The van der Waals surface area contributed by atoms with Gasteiger partial charge in [-0.25, -0.2) is 0 Å². The molecular weight excluding hydrogens is 336 g/mol. The Hall–Kier alpha value is -2.88. The standard InChI is InChI=1S/C23H24N2O2/c1-3-20(16-9-5-4-6-10-16)24-22(26)21-15(2)25(17-13-14-17)23(27)19-12-8-7-11-18(19)21/h4-12,17,20H,3,13-14H2,1-2H3,(H,24,26)/t20-/m0/s1. The largest absolute Gasteiger partial charge is 0.345 e. The molecule has 0 aliphatic heterocycles. The predicted molar refractivity (Wildman–Crippen MR) is 108 cm³/mol. The summed E-state index contributed by atoms with van der Waals surface area (Å²) in [6, 6.07) is 17.6. The lowest BCUT2D eigenvalue weighted by atomic mass is 10.0. The van der Waals surface area contributed by atoms with Crippen molar-refractivity contribution >= 4 is 16.7 Å². The number of carbonyl (C=O) groups is 1. The van der Waals surface area contributed by atoms with E-state index in [4.69, 9.17) is 0 Å². The number of nitrogens with one attached hydrogen (secondary N) is 1. The third-order valence-electron chi connectivity index (χ3n) is 5.42. The summed E-state index contributed by atoms with van der Waals surface area (Å²) in [6.07, 6.45) is 2.80. The van der Waals surface area contributed by atoms with Crippen molar-refractivity contribution in [1.82, 2.24) is 9.88 Å². The van der Waals surface area contributed by atoms with E-state index in [2.05, 4.69) is 12.2 Å². The summed E-state index contributed by atoms with van der Waals surface area (Å²) >= 11 is 0. The van der Waals surface area contributed by atoms with E-state index in [1.165, 1.54) is 0 Å². The summed E-state index contributed by atoms with van der Waals surface area (Å²) in [6.45, 7) is 3.96. The van der Waals surface area contributed by atoms with Crippen LogP contribution >= 0.6 is 0 Å². The normalized spacial score (nSPS) is 14.9. The van der Waals surface area contributed by atoms with Crippen LogP contribution in [0.5, 0.6) is 0 Å². The van der Waals surface area contributed by atoms with Gasteiger partial charge in [0.2, 0.25) is 0 Å². The van der Waals surface area contributed by atoms with Crippen LogP contribution in [-0.2, 0) is 0 Å². The smallest absolute Gasteiger partial charge is 0.258 e. The molecule has 4 rings (SSSR count). The van der Waals surface area contributed by atoms with Gasteiger partial charge in [-0.1, -0.05) is 55.5 Å². The van der Waals surface area contributed by atoms with E-state index in [9.17, 15) is 9.59 Å². The van der Waals surface area contributed by atoms with Gasteiger partial charge in [0.25, 0.3) is 11.5 Å². The van der Waals surface area contributed by atoms with Gasteiger partial charge in [0, 0.05) is 22.5 Å². The first-order valence-corrected chi connectivity index (χ1v) is 9.61. The number of hydrogen-bond acceptors (Lipinski definition) is 2. The highest BCUT2D eigenvalue weighted by Crippen LogP contribution is 2.36. The Labute approximate surface area is 158 Å². The maximum absolute atomic E-state index is 13.3. The molecule has 138 valence electrons. The second kappa shape index (κ2) is 7.03. The summed E-state index contributed by atoms with van der Waals surface area (Å²) in [7, 11) is 0. The Morgan fingerprint density at radius 2 is 1.70 bits per heavy atom. The zero-order valence-corrected chi connectivity index (χ0v) is 15.7. The molecule has 27 heavy (non-hydrogen) atoms. The van der Waals surface area contributed by atoms with E-state index in [-0.39, 0.29) is 23.6 Å². The van der Waals surface area contributed by atoms with Gasteiger partial charge in [0.15, 0.2) is 0 Å². The molecule has 0 bridgehead atoms. The minimum absolute atomic E-state index is 0.0113. The van der Waals surface area contributed by atoms with Crippen molar-refractivity contribution in [2.24, 2.45) is 0 Å². The van der Waals surface area contributed by atoms with Crippen LogP contribution in [0.4, 0.5) is 0 Å². The number of rotatable bonds is 5. The number of pyridine rings is 1. The molecule has 2 aromatic carbocycles. The van der Waals surface area contributed by atoms with E-state index in [1.807, 2.05) is 66.1 Å². The maximum Gasteiger partial charge on any atom is 0.258 e. The third-order valence-corrected chi connectivity index (χ3v) is 5.42. The molecule has 0 spiro atoms. The van der Waals surface area contributed by atoms with Gasteiger partial charge in [-0.2, -0.15) is 0 Å². The zero-order valence-electron chi connectivity index (χ0n) is 15.7. The van der Waals surface area contributed by atoms with E-state index >= 15 is 0 Å². The highest BCUT2D eigenvalue weighted by Gasteiger charge is 2.30. The van der Waals surface area contributed by atoms with Crippen molar-refractivity contribution in [2.75, 3.05) is 0 Å². The van der Waals surface area contributed by atoms with Crippen molar-refractivity contribution in [2.45, 2.75) is 45.2 Å². The Morgan fingerprint density at radius 3 is 2.33 bits per heavy atom. The topological polar surface area (TPSA) is 51.1 Å². The van der Waals surface area contributed by atoms with Gasteiger partial charge in [0.05, 0.1) is 11.6 Å². The molecule has 1 atom stereocenters. The fourth-order valence-electron chi connectivity index (χ4n) is 3.88. The van der Waals surface area contributed by atoms with Crippen molar-refractivity contribution in [1.29, 1.82) is 0 Å². The highest BCUT2D eigenvalue weighted by atomic mass is 16.2. The first-order chi connectivity index (χ1) is 13.1. The molecule has 1 fully saturated rings. The zero-order chi connectivity index (χ0) is 19.0. The Bertz CT molecular complexity index is 1050. The van der Waals surface area contributed by atoms with E-state index in [0.29, 0.717) is 10.9 Å². The number of benzene rings is 2. The van der Waals surface area contributed by atoms with Gasteiger partial charge < -0.3 is 9.88 Å². The van der Waals surface area contributed by atoms with Crippen molar-refractivity contribution in [3.63, 3.8) is 0 Å². The number of nitrogens with zero attached hydrogens (tertiary/aromatic N) is 1. The second-order valence-corrected chi connectivity index (χ2v) is 7.26. The highest BCUT2D eigenvalue weighted by molar-refractivity contribution is 6.07. The number of carbonyl (C=O) groups excluding carboxylic acids is 1. The van der Waals surface area contributed by atoms with Gasteiger partial charge in [0.1, 0.15) is 0 Å². The Morgan fingerprint density at radius 1 is 1.07 bits per heavy atom. The van der Waals surface area contributed by atoms with Crippen LogP contribution in [0.1, 0.15) is 59.9 Å². The molecule has 0 radical (unpaired) electrons. The molecule has 1 N–H and O–H groups in total. The van der Waals surface area contributed by atoms with Crippen LogP contribution in [0, 0.1) is 6.92 Å². The van der Waals surface area contributed by atoms with Crippen molar-refractivity contribution in [3.05, 3.63) is 81.8 Å². The van der Waals surface area contributed by atoms with Gasteiger partial charge in [-0.3, -0.25) is 9.59 Å². The molecule has 3 aromatic rings. The Kier molecular flexibility index (Phi) is 4.56. The third kappa shape index (κ3) is 3.16. The number of aromatic nitrogens is 1. The molecule has 1 aliphatic carbocycles. The van der Waals surface area contributed by atoms with Crippen LogP contribution in [-0.4, -0.2) is 10.5 Å². The lowest BCUT2D eigenvalue weighted by molar-refractivity contribution is 0.0935. The summed E-state index contributed by atoms with van der Waals surface area (Å²) in [5, 5.41) is 4.54. The molecule has 1 aromatic heterocycles. The van der Waals surface area contributed by atoms with E-state index < -0.39 is 0 Å². The Balaban J connectivity index is 1.81. The number of hydrogen-bond donors (Lipinski definition) is 1.